The Labute approximate surface area is 115 Å². The average molecular weight is 332 g/mol. The Balaban J connectivity index is 2.51. The first-order valence-electron chi connectivity index (χ1n) is 5.27. The summed E-state index contributed by atoms with van der Waals surface area (Å²) >= 11 is 3.03. The van der Waals surface area contributed by atoms with E-state index in [0.717, 1.165) is 6.07 Å². The molecule has 0 aliphatic carbocycles. The van der Waals surface area contributed by atoms with E-state index >= 15 is 0 Å². The van der Waals surface area contributed by atoms with E-state index in [0.29, 0.717) is 4.47 Å². The molecule has 0 fully saturated rings. The first-order valence-corrected chi connectivity index (χ1v) is 6.07. The van der Waals surface area contributed by atoms with Crippen molar-refractivity contribution < 1.29 is 13.2 Å². The normalized spacial score (nSPS) is 13.3. The predicted molar refractivity (Wildman–Crippen MR) is 67.2 cm³/mol. The van der Waals surface area contributed by atoms with Gasteiger partial charge in [0.15, 0.2) is 0 Å². The van der Waals surface area contributed by atoms with Crippen LogP contribution in [-0.4, -0.2) is 9.97 Å². The summed E-state index contributed by atoms with van der Waals surface area (Å²) in [5, 5.41) is 0. The van der Waals surface area contributed by atoms with Gasteiger partial charge in [-0.15, -0.1) is 0 Å². The molecule has 0 bridgehead atoms. The van der Waals surface area contributed by atoms with Crippen LogP contribution in [0.2, 0.25) is 0 Å². The van der Waals surface area contributed by atoms with Crippen molar-refractivity contribution in [3.05, 3.63) is 58.1 Å². The minimum Gasteiger partial charge on any atom is -0.319 e. The molecule has 0 saturated carbocycles. The van der Waals surface area contributed by atoms with E-state index in [1.807, 2.05) is 0 Å². The maximum Gasteiger partial charge on any atom is 0.416 e. The zero-order valence-corrected chi connectivity index (χ0v) is 11.1. The second kappa shape index (κ2) is 5.26. The molecule has 2 aromatic rings. The lowest BCUT2D eigenvalue weighted by Crippen LogP contribution is -2.19. The van der Waals surface area contributed by atoms with Gasteiger partial charge >= 0.3 is 6.18 Å². The van der Waals surface area contributed by atoms with Crippen LogP contribution in [0.1, 0.15) is 22.9 Å². The maximum atomic E-state index is 13.0. The summed E-state index contributed by atoms with van der Waals surface area (Å²) in [5.74, 6) is 0. The van der Waals surface area contributed by atoms with Crippen molar-refractivity contribution in [2.24, 2.45) is 5.73 Å². The largest absolute Gasteiger partial charge is 0.416 e. The second-order valence-corrected chi connectivity index (χ2v) is 4.75. The summed E-state index contributed by atoms with van der Waals surface area (Å²) in [4.78, 5) is 7.74. The molecule has 0 aliphatic heterocycles. The molecule has 1 aromatic carbocycles. The van der Waals surface area contributed by atoms with Gasteiger partial charge in [-0.2, -0.15) is 13.2 Å². The van der Waals surface area contributed by atoms with Gasteiger partial charge in [0.25, 0.3) is 0 Å². The Morgan fingerprint density at radius 1 is 1.21 bits per heavy atom. The molecule has 19 heavy (non-hydrogen) atoms. The molecule has 2 rings (SSSR count). The Morgan fingerprint density at radius 3 is 2.53 bits per heavy atom. The minimum absolute atomic E-state index is 0.0313. The maximum absolute atomic E-state index is 13.0. The molecule has 0 amide bonds. The fourth-order valence-electron chi connectivity index (χ4n) is 1.68. The quantitative estimate of drug-likeness (QED) is 0.918. The van der Waals surface area contributed by atoms with Crippen molar-refractivity contribution in [2.75, 3.05) is 0 Å². The molecule has 0 radical (unpaired) electrons. The van der Waals surface area contributed by atoms with Crippen molar-refractivity contribution in [1.82, 2.24) is 9.97 Å². The zero-order chi connectivity index (χ0) is 14.0. The van der Waals surface area contributed by atoms with Gasteiger partial charge in [-0.05, 0) is 17.7 Å². The number of aromatic nitrogens is 2. The van der Waals surface area contributed by atoms with Crippen LogP contribution in [0, 0.1) is 0 Å². The van der Waals surface area contributed by atoms with Crippen molar-refractivity contribution in [1.29, 1.82) is 0 Å². The van der Waals surface area contributed by atoms with Crippen molar-refractivity contribution >= 4 is 15.9 Å². The third-order valence-electron chi connectivity index (χ3n) is 2.56. The molecular formula is C12H9BrF3N3. The lowest BCUT2D eigenvalue weighted by molar-refractivity contribution is -0.138. The molecule has 3 nitrogen and oxygen atoms in total. The Hall–Kier alpha value is -1.47. The average Bonchev–Trinajstić information content (AvgIpc) is 2.38. The van der Waals surface area contributed by atoms with Crippen LogP contribution in [0.4, 0.5) is 13.2 Å². The van der Waals surface area contributed by atoms with E-state index < -0.39 is 17.8 Å². The van der Waals surface area contributed by atoms with E-state index in [1.54, 1.807) is 0 Å². The van der Waals surface area contributed by atoms with Crippen molar-refractivity contribution in [2.45, 2.75) is 12.2 Å². The number of nitrogens with zero attached hydrogens (tertiary/aromatic N) is 2. The van der Waals surface area contributed by atoms with Crippen LogP contribution in [0.3, 0.4) is 0 Å². The summed E-state index contributed by atoms with van der Waals surface area (Å²) in [6.45, 7) is 0. The molecule has 1 atom stereocenters. The van der Waals surface area contributed by atoms with Gasteiger partial charge in [-0.3, -0.25) is 9.97 Å². The topological polar surface area (TPSA) is 51.8 Å². The smallest absolute Gasteiger partial charge is 0.319 e. The summed E-state index contributed by atoms with van der Waals surface area (Å²) < 4.78 is 39.3. The zero-order valence-electron chi connectivity index (χ0n) is 9.53. The van der Waals surface area contributed by atoms with Crippen molar-refractivity contribution in [3.63, 3.8) is 0 Å². The molecular weight excluding hydrogens is 323 g/mol. The van der Waals surface area contributed by atoms with Gasteiger partial charge in [0, 0.05) is 16.9 Å². The Bertz CT molecular complexity index is 572. The fraction of sp³-hybridized carbons (Fsp3) is 0.167. The van der Waals surface area contributed by atoms with Crippen LogP contribution in [0.25, 0.3) is 0 Å². The SMILES string of the molecule is NC(c1cnccn1)c1ccc(Br)cc1C(F)(F)F. The summed E-state index contributed by atoms with van der Waals surface area (Å²) in [6.07, 6.45) is -0.296. The van der Waals surface area contributed by atoms with E-state index in [9.17, 15) is 13.2 Å². The molecule has 1 aromatic heterocycles. The Morgan fingerprint density at radius 2 is 1.95 bits per heavy atom. The van der Waals surface area contributed by atoms with Crippen LogP contribution >= 0.6 is 15.9 Å². The number of hydrogen-bond acceptors (Lipinski definition) is 3. The van der Waals surface area contributed by atoms with Crippen LogP contribution < -0.4 is 5.73 Å². The van der Waals surface area contributed by atoms with Gasteiger partial charge in [-0.1, -0.05) is 22.0 Å². The third kappa shape index (κ3) is 3.10. The third-order valence-corrected chi connectivity index (χ3v) is 3.05. The monoisotopic (exact) mass is 331 g/mol. The number of rotatable bonds is 2. The van der Waals surface area contributed by atoms with Crippen molar-refractivity contribution in [3.8, 4) is 0 Å². The number of halogens is 4. The summed E-state index contributed by atoms with van der Waals surface area (Å²) in [7, 11) is 0. The number of alkyl halides is 3. The minimum atomic E-state index is -4.47. The van der Waals surface area contributed by atoms with Crippen LogP contribution in [0.5, 0.6) is 0 Å². The molecule has 2 N–H and O–H groups in total. The fourth-order valence-corrected chi connectivity index (χ4v) is 2.04. The highest BCUT2D eigenvalue weighted by Gasteiger charge is 2.35. The molecule has 7 heteroatoms. The lowest BCUT2D eigenvalue weighted by Gasteiger charge is -2.18. The molecule has 0 saturated heterocycles. The van der Waals surface area contributed by atoms with E-state index in [1.165, 1.54) is 30.7 Å². The molecule has 1 heterocycles. The molecule has 1 unspecified atom stereocenters. The van der Waals surface area contributed by atoms with Gasteiger partial charge in [0.2, 0.25) is 0 Å². The lowest BCUT2D eigenvalue weighted by atomic mass is 9.98. The van der Waals surface area contributed by atoms with Gasteiger partial charge in [-0.25, -0.2) is 0 Å². The molecule has 100 valence electrons. The van der Waals surface area contributed by atoms with Gasteiger partial charge in [0.1, 0.15) is 0 Å². The number of hydrogen-bond donors (Lipinski definition) is 1. The highest BCUT2D eigenvalue weighted by Crippen LogP contribution is 2.36. The molecule has 0 spiro atoms. The second-order valence-electron chi connectivity index (χ2n) is 3.84. The first-order chi connectivity index (χ1) is 8.89. The van der Waals surface area contributed by atoms with Crippen LogP contribution in [-0.2, 0) is 6.18 Å². The highest BCUT2D eigenvalue weighted by molar-refractivity contribution is 9.10. The summed E-state index contributed by atoms with van der Waals surface area (Å²) in [5.41, 5.74) is 5.32. The molecule has 0 aliphatic rings. The highest BCUT2D eigenvalue weighted by atomic mass is 79.9. The summed E-state index contributed by atoms with van der Waals surface area (Å²) in [6, 6.07) is 2.89. The van der Waals surface area contributed by atoms with E-state index in [4.69, 9.17) is 5.73 Å². The number of nitrogens with two attached hydrogens (primary N) is 1. The van der Waals surface area contributed by atoms with Crippen LogP contribution in [0.15, 0.2) is 41.3 Å². The standard InChI is InChI=1S/C12H9BrF3N3/c13-7-1-2-8(9(5-7)12(14,15)16)11(17)10-6-18-3-4-19-10/h1-6,11H,17H2. The predicted octanol–water partition coefficient (Wildman–Crippen LogP) is 3.31. The van der Waals surface area contributed by atoms with E-state index in [-0.39, 0.29) is 11.3 Å². The van der Waals surface area contributed by atoms with E-state index in [2.05, 4.69) is 25.9 Å². The number of benzene rings is 1. The first kappa shape index (κ1) is 14.0. The van der Waals surface area contributed by atoms with Gasteiger partial charge < -0.3 is 5.73 Å². The Kier molecular flexibility index (Phi) is 3.86. The van der Waals surface area contributed by atoms with Gasteiger partial charge in [0.05, 0.1) is 23.5 Å².